The molecule has 4 nitrogen and oxygen atoms in total. The van der Waals surface area contributed by atoms with Crippen LogP contribution in [0.4, 0.5) is 5.82 Å². The van der Waals surface area contributed by atoms with Gasteiger partial charge in [-0.25, -0.2) is 9.97 Å². The highest BCUT2D eigenvalue weighted by atomic mass is 16.3. The van der Waals surface area contributed by atoms with E-state index in [4.69, 9.17) is 14.4 Å². The lowest BCUT2D eigenvalue weighted by molar-refractivity contribution is 0.658. The van der Waals surface area contributed by atoms with Crippen molar-refractivity contribution in [2.75, 3.05) is 18.0 Å². The summed E-state index contributed by atoms with van der Waals surface area (Å²) in [6.07, 6.45) is 4.98. The molecular weight excluding hydrogens is 322 g/mol. The number of rotatable bonds is 2. The third kappa shape index (κ3) is 2.62. The summed E-state index contributed by atoms with van der Waals surface area (Å²) >= 11 is 0. The molecule has 0 radical (unpaired) electrons. The maximum absolute atomic E-state index is 6.20. The molecule has 0 atom stereocenters. The van der Waals surface area contributed by atoms with Gasteiger partial charge in [-0.05, 0) is 25.0 Å². The first kappa shape index (κ1) is 15.4. The Morgan fingerprint density at radius 1 is 0.769 bits per heavy atom. The predicted molar refractivity (Wildman–Crippen MR) is 105 cm³/mol. The van der Waals surface area contributed by atoms with Crippen LogP contribution in [0.25, 0.3) is 33.5 Å². The second-order valence-electron chi connectivity index (χ2n) is 6.91. The zero-order valence-electron chi connectivity index (χ0n) is 14.7. The highest BCUT2D eigenvalue weighted by molar-refractivity contribution is 6.06. The second-order valence-corrected chi connectivity index (χ2v) is 6.91. The van der Waals surface area contributed by atoms with E-state index in [2.05, 4.69) is 23.1 Å². The number of benzene rings is 2. The largest absolute Gasteiger partial charge is 0.450 e. The number of nitrogens with zero attached hydrogens (tertiary/aromatic N) is 3. The Labute approximate surface area is 152 Å². The number of hydrogen-bond acceptors (Lipinski definition) is 4. The van der Waals surface area contributed by atoms with Gasteiger partial charge < -0.3 is 9.32 Å². The SMILES string of the molecule is c1ccc(-c2nc(N3CCCCCC3)c3oc4ccccc4c3n2)cc1. The summed E-state index contributed by atoms with van der Waals surface area (Å²) in [5, 5.41) is 1.05. The van der Waals surface area contributed by atoms with E-state index in [0.29, 0.717) is 0 Å². The molecule has 0 unspecified atom stereocenters. The monoisotopic (exact) mass is 343 g/mol. The average molecular weight is 343 g/mol. The molecule has 0 saturated carbocycles. The van der Waals surface area contributed by atoms with Gasteiger partial charge in [0.25, 0.3) is 0 Å². The van der Waals surface area contributed by atoms with Crippen molar-refractivity contribution < 1.29 is 4.42 Å². The molecule has 0 amide bonds. The molecule has 5 rings (SSSR count). The summed E-state index contributed by atoms with van der Waals surface area (Å²) in [4.78, 5) is 12.2. The van der Waals surface area contributed by atoms with E-state index in [1.54, 1.807) is 0 Å². The van der Waals surface area contributed by atoms with Crippen LogP contribution in [0, 0.1) is 0 Å². The molecule has 4 heteroatoms. The molecule has 0 spiro atoms. The molecular formula is C22H21N3O. The lowest BCUT2D eigenvalue weighted by Crippen LogP contribution is -2.25. The number of aromatic nitrogens is 2. The fraction of sp³-hybridized carbons (Fsp3) is 0.273. The molecule has 3 heterocycles. The smallest absolute Gasteiger partial charge is 0.196 e. The van der Waals surface area contributed by atoms with Crippen molar-refractivity contribution in [3.8, 4) is 11.4 Å². The van der Waals surface area contributed by atoms with Gasteiger partial charge in [-0.2, -0.15) is 0 Å². The van der Waals surface area contributed by atoms with E-state index in [9.17, 15) is 0 Å². The molecule has 1 aliphatic heterocycles. The highest BCUT2D eigenvalue weighted by Crippen LogP contribution is 2.35. The zero-order valence-corrected chi connectivity index (χ0v) is 14.7. The van der Waals surface area contributed by atoms with Crippen LogP contribution in [-0.4, -0.2) is 23.1 Å². The van der Waals surface area contributed by atoms with Crippen molar-refractivity contribution in [2.45, 2.75) is 25.7 Å². The number of hydrogen-bond donors (Lipinski definition) is 0. The Balaban J connectivity index is 1.77. The first-order valence-corrected chi connectivity index (χ1v) is 9.40. The zero-order chi connectivity index (χ0) is 17.3. The Kier molecular flexibility index (Phi) is 3.81. The van der Waals surface area contributed by atoms with Crippen molar-refractivity contribution in [1.82, 2.24) is 9.97 Å². The molecule has 130 valence electrons. The van der Waals surface area contributed by atoms with Crippen LogP contribution >= 0.6 is 0 Å². The van der Waals surface area contributed by atoms with Gasteiger partial charge in [0.05, 0.1) is 0 Å². The molecule has 0 bridgehead atoms. The maximum atomic E-state index is 6.20. The van der Waals surface area contributed by atoms with Crippen LogP contribution in [0.3, 0.4) is 0 Å². The van der Waals surface area contributed by atoms with Gasteiger partial charge >= 0.3 is 0 Å². The number of furan rings is 1. The fourth-order valence-electron chi connectivity index (χ4n) is 3.79. The Bertz CT molecular complexity index is 1050. The van der Waals surface area contributed by atoms with Crippen molar-refractivity contribution in [1.29, 1.82) is 0 Å². The van der Waals surface area contributed by atoms with Gasteiger partial charge in [0, 0.05) is 24.0 Å². The third-order valence-electron chi connectivity index (χ3n) is 5.14. The molecule has 1 aliphatic rings. The van der Waals surface area contributed by atoms with Crippen molar-refractivity contribution in [3.05, 3.63) is 54.6 Å². The first-order chi connectivity index (χ1) is 12.9. The minimum absolute atomic E-state index is 0.768. The van der Waals surface area contributed by atoms with Crippen molar-refractivity contribution in [2.24, 2.45) is 0 Å². The van der Waals surface area contributed by atoms with Crippen LogP contribution in [0.5, 0.6) is 0 Å². The summed E-state index contributed by atoms with van der Waals surface area (Å²) in [7, 11) is 0. The van der Waals surface area contributed by atoms with Crippen LogP contribution in [0.1, 0.15) is 25.7 Å². The summed E-state index contributed by atoms with van der Waals surface area (Å²) in [6, 6.07) is 18.3. The summed E-state index contributed by atoms with van der Waals surface area (Å²) in [5.74, 6) is 1.70. The topological polar surface area (TPSA) is 42.2 Å². The molecule has 0 aliphatic carbocycles. The third-order valence-corrected chi connectivity index (χ3v) is 5.14. The summed E-state index contributed by atoms with van der Waals surface area (Å²) in [5.41, 5.74) is 3.63. The van der Waals surface area contributed by atoms with E-state index >= 15 is 0 Å². The summed E-state index contributed by atoms with van der Waals surface area (Å²) < 4.78 is 6.20. The van der Waals surface area contributed by atoms with E-state index in [1.165, 1.54) is 25.7 Å². The maximum Gasteiger partial charge on any atom is 0.196 e. The van der Waals surface area contributed by atoms with Gasteiger partial charge in [0.15, 0.2) is 17.2 Å². The standard InChI is InChI=1S/C22H21N3O/c1-2-9-15-25(14-8-1)22-20-19(17-12-6-7-13-18(17)26-20)23-21(24-22)16-10-4-3-5-11-16/h3-7,10-13H,1-2,8-9,14-15H2. The van der Waals surface area contributed by atoms with E-state index < -0.39 is 0 Å². The normalized spacial score (nSPS) is 15.5. The predicted octanol–water partition coefficient (Wildman–Crippen LogP) is 5.42. The van der Waals surface area contributed by atoms with Crippen LogP contribution in [0.2, 0.25) is 0 Å². The number of fused-ring (bicyclic) bond motifs is 3. The number of anilines is 1. The lowest BCUT2D eigenvalue weighted by atomic mass is 10.2. The Hall–Kier alpha value is -2.88. The second kappa shape index (κ2) is 6.45. The highest BCUT2D eigenvalue weighted by Gasteiger charge is 2.21. The van der Waals surface area contributed by atoms with Gasteiger partial charge in [0.1, 0.15) is 11.1 Å². The number of para-hydroxylation sites is 1. The van der Waals surface area contributed by atoms with Gasteiger partial charge in [-0.1, -0.05) is 55.3 Å². The average Bonchev–Trinajstić information content (AvgIpc) is 2.87. The van der Waals surface area contributed by atoms with Crippen molar-refractivity contribution in [3.63, 3.8) is 0 Å². The van der Waals surface area contributed by atoms with Crippen LogP contribution < -0.4 is 4.90 Å². The Morgan fingerprint density at radius 3 is 2.31 bits per heavy atom. The summed E-state index contributed by atoms with van der Waals surface area (Å²) in [6.45, 7) is 2.05. The molecule has 2 aromatic carbocycles. The van der Waals surface area contributed by atoms with Gasteiger partial charge in [0.2, 0.25) is 0 Å². The van der Waals surface area contributed by atoms with E-state index in [0.717, 1.165) is 52.4 Å². The lowest BCUT2D eigenvalue weighted by Gasteiger charge is -2.21. The minimum atomic E-state index is 0.768. The molecule has 1 fully saturated rings. The molecule has 0 N–H and O–H groups in total. The molecule has 2 aromatic heterocycles. The van der Waals surface area contributed by atoms with E-state index in [1.807, 2.05) is 36.4 Å². The molecule has 26 heavy (non-hydrogen) atoms. The van der Waals surface area contributed by atoms with Gasteiger partial charge in [-0.3, -0.25) is 0 Å². The fourth-order valence-corrected chi connectivity index (χ4v) is 3.79. The first-order valence-electron chi connectivity index (χ1n) is 9.40. The minimum Gasteiger partial charge on any atom is -0.450 e. The quantitative estimate of drug-likeness (QED) is 0.487. The van der Waals surface area contributed by atoms with Crippen LogP contribution in [0.15, 0.2) is 59.0 Å². The van der Waals surface area contributed by atoms with Gasteiger partial charge in [-0.15, -0.1) is 0 Å². The van der Waals surface area contributed by atoms with Crippen molar-refractivity contribution >= 4 is 27.9 Å². The molecule has 4 aromatic rings. The van der Waals surface area contributed by atoms with E-state index in [-0.39, 0.29) is 0 Å². The molecule has 1 saturated heterocycles. The Morgan fingerprint density at radius 2 is 1.50 bits per heavy atom. The van der Waals surface area contributed by atoms with Crippen LogP contribution in [-0.2, 0) is 0 Å².